The lowest BCUT2D eigenvalue weighted by Crippen LogP contribution is -2.02. The van der Waals surface area contributed by atoms with Crippen molar-refractivity contribution in [3.63, 3.8) is 0 Å². The third kappa shape index (κ3) is 1.66. The second-order valence-corrected chi connectivity index (χ2v) is 5.38. The average Bonchev–Trinajstić information content (AvgIpc) is 2.94. The van der Waals surface area contributed by atoms with Crippen molar-refractivity contribution in [3.05, 3.63) is 51.8 Å². The summed E-state index contributed by atoms with van der Waals surface area (Å²) >= 11 is 1.58. The Hall–Kier alpha value is -1.94. The zero-order chi connectivity index (χ0) is 12.7. The number of aryl methyl sites for hydroxylation is 2. The Balaban J connectivity index is 2.18. The van der Waals surface area contributed by atoms with Gasteiger partial charge in [-0.05, 0) is 19.1 Å². The summed E-state index contributed by atoms with van der Waals surface area (Å²) in [6.45, 7) is 2.00. The standard InChI is InChI=1S/C14H12N2OS/c1-9-7-10(8-18-9)14(17)13-11-5-3-4-6-12(11)16(2)15-13/h3-8H,1-2H3. The quantitative estimate of drug-likeness (QED) is 0.660. The molecule has 0 spiro atoms. The fourth-order valence-corrected chi connectivity index (χ4v) is 2.76. The normalized spacial score (nSPS) is 11.0. The van der Waals surface area contributed by atoms with E-state index in [2.05, 4.69) is 5.10 Å². The Labute approximate surface area is 109 Å². The van der Waals surface area contributed by atoms with Crippen LogP contribution < -0.4 is 0 Å². The van der Waals surface area contributed by atoms with E-state index in [1.807, 2.05) is 49.7 Å². The first-order valence-electron chi connectivity index (χ1n) is 5.68. The molecule has 0 fully saturated rings. The summed E-state index contributed by atoms with van der Waals surface area (Å²) in [5.74, 6) is -0.00356. The van der Waals surface area contributed by atoms with Gasteiger partial charge in [0.15, 0.2) is 0 Å². The van der Waals surface area contributed by atoms with Gasteiger partial charge in [-0.2, -0.15) is 5.10 Å². The molecule has 0 atom stereocenters. The van der Waals surface area contributed by atoms with Crippen LogP contribution in [0.2, 0.25) is 0 Å². The Morgan fingerprint density at radius 3 is 2.83 bits per heavy atom. The summed E-state index contributed by atoms with van der Waals surface area (Å²) < 4.78 is 1.75. The summed E-state index contributed by atoms with van der Waals surface area (Å²) in [5.41, 5.74) is 2.24. The largest absolute Gasteiger partial charge is 0.287 e. The van der Waals surface area contributed by atoms with Crippen LogP contribution in [0.4, 0.5) is 0 Å². The Morgan fingerprint density at radius 2 is 2.11 bits per heavy atom. The molecule has 90 valence electrons. The van der Waals surface area contributed by atoms with E-state index in [1.165, 1.54) is 0 Å². The molecule has 0 unspecified atom stereocenters. The van der Waals surface area contributed by atoms with Gasteiger partial charge < -0.3 is 0 Å². The van der Waals surface area contributed by atoms with Crippen LogP contribution in [0.15, 0.2) is 35.7 Å². The predicted octanol–water partition coefficient (Wildman–Crippen LogP) is 3.17. The number of benzene rings is 1. The number of ketones is 1. The van der Waals surface area contributed by atoms with Crippen molar-refractivity contribution in [2.24, 2.45) is 7.05 Å². The third-order valence-electron chi connectivity index (χ3n) is 2.97. The number of carbonyl (C=O) groups excluding carboxylic acids is 1. The lowest BCUT2D eigenvalue weighted by Gasteiger charge is -1.93. The van der Waals surface area contributed by atoms with Crippen LogP contribution in [-0.4, -0.2) is 15.6 Å². The molecule has 0 N–H and O–H groups in total. The monoisotopic (exact) mass is 256 g/mol. The number of rotatable bonds is 2. The fourth-order valence-electron chi connectivity index (χ4n) is 2.08. The number of carbonyl (C=O) groups is 1. The van der Waals surface area contributed by atoms with Gasteiger partial charge in [-0.1, -0.05) is 18.2 Å². The van der Waals surface area contributed by atoms with Crippen LogP contribution in [0, 0.1) is 6.92 Å². The summed E-state index contributed by atoms with van der Waals surface area (Å²) in [7, 11) is 1.86. The van der Waals surface area contributed by atoms with Gasteiger partial charge in [0.05, 0.1) is 5.52 Å². The molecule has 3 rings (SSSR count). The van der Waals surface area contributed by atoms with Crippen molar-refractivity contribution in [2.45, 2.75) is 6.92 Å². The van der Waals surface area contributed by atoms with Crippen LogP contribution in [0.5, 0.6) is 0 Å². The van der Waals surface area contributed by atoms with E-state index in [4.69, 9.17) is 0 Å². The number of aromatic nitrogens is 2. The average molecular weight is 256 g/mol. The highest BCUT2D eigenvalue weighted by atomic mass is 32.1. The van der Waals surface area contributed by atoms with Crippen molar-refractivity contribution < 1.29 is 4.79 Å². The van der Waals surface area contributed by atoms with Gasteiger partial charge in [0, 0.05) is 28.3 Å². The Kier molecular flexibility index (Phi) is 2.52. The minimum absolute atomic E-state index is 0.00356. The van der Waals surface area contributed by atoms with E-state index in [9.17, 15) is 4.79 Å². The molecule has 0 aliphatic carbocycles. The van der Waals surface area contributed by atoms with Gasteiger partial charge >= 0.3 is 0 Å². The van der Waals surface area contributed by atoms with E-state index in [0.717, 1.165) is 21.3 Å². The third-order valence-corrected chi connectivity index (χ3v) is 3.83. The number of nitrogens with zero attached hydrogens (tertiary/aromatic N) is 2. The first kappa shape index (κ1) is 11.2. The van der Waals surface area contributed by atoms with Gasteiger partial charge in [-0.15, -0.1) is 11.3 Å². The summed E-state index contributed by atoms with van der Waals surface area (Å²) in [5, 5.41) is 7.15. The second kappa shape index (κ2) is 4.07. The maximum Gasteiger partial charge on any atom is 0.214 e. The molecule has 4 heteroatoms. The molecule has 0 radical (unpaired) electrons. The first-order valence-corrected chi connectivity index (χ1v) is 6.56. The lowest BCUT2D eigenvalue weighted by molar-refractivity contribution is 0.103. The number of hydrogen-bond donors (Lipinski definition) is 0. The molecule has 2 aromatic heterocycles. The Bertz CT molecular complexity index is 739. The zero-order valence-corrected chi connectivity index (χ0v) is 11.0. The molecule has 0 saturated heterocycles. The van der Waals surface area contributed by atoms with Gasteiger partial charge in [-0.3, -0.25) is 9.48 Å². The van der Waals surface area contributed by atoms with Crippen LogP contribution in [-0.2, 0) is 7.05 Å². The highest BCUT2D eigenvalue weighted by Gasteiger charge is 2.18. The zero-order valence-electron chi connectivity index (χ0n) is 10.2. The van der Waals surface area contributed by atoms with E-state index in [-0.39, 0.29) is 5.78 Å². The predicted molar refractivity (Wildman–Crippen MR) is 73.2 cm³/mol. The Morgan fingerprint density at radius 1 is 1.33 bits per heavy atom. The molecule has 18 heavy (non-hydrogen) atoms. The number of fused-ring (bicyclic) bond motifs is 1. The molecular formula is C14H12N2OS. The van der Waals surface area contributed by atoms with Gasteiger partial charge in [0.1, 0.15) is 5.69 Å². The number of para-hydroxylation sites is 1. The molecule has 0 aliphatic heterocycles. The lowest BCUT2D eigenvalue weighted by atomic mass is 10.1. The second-order valence-electron chi connectivity index (χ2n) is 4.26. The number of thiophene rings is 1. The smallest absolute Gasteiger partial charge is 0.214 e. The van der Waals surface area contributed by atoms with Crippen molar-refractivity contribution in [3.8, 4) is 0 Å². The molecule has 2 heterocycles. The van der Waals surface area contributed by atoms with Crippen molar-refractivity contribution in [2.75, 3.05) is 0 Å². The van der Waals surface area contributed by atoms with Crippen LogP contribution in [0.25, 0.3) is 10.9 Å². The van der Waals surface area contributed by atoms with E-state index in [0.29, 0.717) is 5.69 Å². The molecule has 3 aromatic rings. The highest BCUT2D eigenvalue weighted by Crippen LogP contribution is 2.22. The van der Waals surface area contributed by atoms with Gasteiger partial charge in [0.25, 0.3) is 0 Å². The maximum atomic E-state index is 12.4. The molecule has 0 amide bonds. The van der Waals surface area contributed by atoms with E-state index < -0.39 is 0 Å². The van der Waals surface area contributed by atoms with Gasteiger partial charge in [0.2, 0.25) is 5.78 Å². The fraction of sp³-hybridized carbons (Fsp3) is 0.143. The van der Waals surface area contributed by atoms with Crippen molar-refractivity contribution >= 4 is 28.0 Å². The van der Waals surface area contributed by atoms with Crippen LogP contribution in [0.3, 0.4) is 0 Å². The van der Waals surface area contributed by atoms with E-state index >= 15 is 0 Å². The molecule has 0 aliphatic rings. The van der Waals surface area contributed by atoms with E-state index in [1.54, 1.807) is 16.0 Å². The topological polar surface area (TPSA) is 34.9 Å². The molecular weight excluding hydrogens is 244 g/mol. The summed E-state index contributed by atoms with van der Waals surface area (Å²) in [6.07, 6.45) is 0. The van der Waals surface area contributed by atoms with Gasteiger partial charge in [-0.25, -0.2) is 0 Å². The summed E-state index contributed by atoms with van der Waals surface area (Å²) in [4.78, 5) is 13.6. The minimum atomic E-state index is -0.00356. The van der Waals surface area contributed by atoms with Crippen molar-refractivity contribution in [1.82, 2.24) is 9.78 Å². The molecule has 1 aromatic carbocycles. The minimum Gasteiger partial charge on any atom is -0.287 e. The molecule has 3 nitrogen and oxygen atoms in total. The highest BCUT2D eigenvalue weighted by molar-refractivity contribution is 7.10. The molecule has 0 bridgehead atoms. The first-order chi connectivity index (χ1) is 8.66. The SMILES string of the molecule is Cc1cc(C(=O)c2nn(C)c3ccccc23)cs1. The maximum absolute atomic E-state index is 12.4. The van der Waals surface area contributed by atoms with Crippen LogP contribution in [0.1, 0.15) is 20.9 Å². The summed E-state index contributed by atoms with van der Waals surface area (Å²) in [6, 6.07) is 9.70. The van der Waals surface area contributed by atoms with Crippen LogP contribution >= 0.6 is 11.3 Å². The molecule has 0 saturated carbocycles. The number of hydrogen-bond acceptors (Lipinski definition) is 3. The van der Waals surface area contributed by atoms with Crippen molar-refractivity contribution in [1.29, 1.82) is 0 Å².